The maximum absolute atomic E-state index is 10.4. The van der Waals surface area contributed by atoms with Crippen LogP contribution in [0, 0.1) is 0 Å². The lowest BCUT2D eigenvalue weighted by atomic mass is 9.93. The molecule has 0 amide bonds. The van der Waals surface area contributed by atoms with E-state index in [1.165, 1.54) is 16.3 Å². The van der Waals surface area contributed by atoms with Crippen LogP contribution < -0.4 is 5.32 Å². The van der Waals surface area contributed by atoms with Crippen LogP contribution >= 0.6 is 0 Å². The Morgan fingerprint density at radius 1 is 1.00 bits per heavy atom. The van der Waals surface area contributed by atoms with Crippen molar-refractivity contribution in [3.8, 4) is 0 Å². The molecule has 3 heteroatoms. The molecule has 0 bridgehead atoms. The van der Waals surface area contributed by atoms with Gasteiger partial charge < -0.3 is 15.2 Å². The van der Waals surface area contributed by atoms with Gasteiger partial charge in [-0.3, -0.25) is 0 Å². The van der Waals surface area contributed by atoms with E-state index in [4.69, 9.17) is 4.74 Å². The fourth-order valence-electron chi connectivity index (χ4n) is 3.53. The van der Waals surface area contributed by atoms with Gasteiger partial charge in [-0.2, -0.15) is 0 Å². The second-order valence-electron chi connectivity index (χ2n) is 8.18. The van der Waals surface area contributed by atoms with Crippen LogP contribution in [0.4, 0.5) is 0 Å². The molecular formula is C26H31NO2. The van der Waals surface area contributed by atoms with Gasteiger partial charge in [0.2, 0.25) is 0 Å². The minimum absolute atomic E-state index is 0.138. The van der Waals surface area contributed by atoms with Gasteiger partial charge in [0.25, 0.3) is 0 Å². The third-order valence-corrected chi connectivity index (χ3v) is 5.09. The number of hydrogen-bond donors (Lipinski definition) is 2. The molecule has 2 atom stereocenters. The lowest BCUT2D eigenvalue weighted by Gasteiger charge is -2.28. The molecule has 29 heavy (non-hydrogen) atoms. The number of ether oxygens (including phenoxy) is 1. The van der Waals surface area contributed by atoms with E-state index < -0.39 is 6.10 Å². The van der Waals surface area contributed by atoms with Gasteiger partial charge >= 0.3 is 0 Å². The van der Waals surface area contributed by atoms with Gasteiger partial charge in [-0.05, 0) is 42.2 Å². The number of fused-ring (bicyclic) bond motifs is 1. The Labute approximate surface area is 174 Å². The Morgan fingerprint density at radius 3 is 2.41 bits per heavy atom. The summed E-state index contributed by atoms with van der Waals surface area (Å²) < 4.78 is 5.86. The summed E-state index contributed by atoms with van der Waals surface area (Å²) in [6, 6.07) is 24.9. The molecule has 0 radical (unpaired) electrons. The average Bonchev–Trinajstić information content (AvgIpc) is 2.73. The Kier molecular flexibility index (Phi) is 7.21. The fourth-order valence-corrected chi connectivity index (χ4v) is 3.53. The van der Waals surface area contributed by atoms with Crippen molar-refractivity contribution in [3.05, 3.63) is 96.6 Å². The number of nitrogens with one attached hydrogen (secondary N) is 1. The van der Waals surface area contributed by atoms with Crippen LogP contribution in [0.25, 0.3) is 10.8 Å². The van der Waals surface area contributed by atoms with Gasteiger partial charge in [0, 0.05) is 12.1 Å². The third kappa shape index (κ3) is 6.26. The zero-order chi connectivity index (χ0) is 20.7. The van der Waals surface area contributed by atoms with Crippen molar-refractivity contribution in [3.63, 3.8) is 0 Å². The molecule has 3 aromatic rings. The van der Waals surface area contributed by atoms with E-state index in [0.717, 1.165) is 12.0 Å². The first-order chi connectivity index (χ1) is 14.0. The molecule has 0 heterocycles. The number of aliphatic hydroxyl groups is 1. The van der Waals surface area contributed by atoms with E-state index in [1.54, 1.807) is 6.08 Å². The topological polar surface area (TPSA) is 41.5 Å². The molecule has 2 N–H and O–H groups in total. The van der Waals surface area contributed by atoms with E-state index in [1.807, 2.05) is 30.3 Å². The molecule has 0 spiro atoms. The van der Waals surface area contributed by atoms with Crippen molar-refractivity contribution in [1.82, 2.24) is 5.32 Å². The molecule has 3 nitrogen and oxygen atoms in total. The van der Waals surface area contributed by atoms with E-state index in [-0.39, 0.29) is 18.2 Å². The van der Waals surface area contributed by atoms with Gasteiger partial charge in [-0.25, -0.2) is 0 Å². The molecule has 2 unspecified atom stereocenters. The van der Waals surface area contributed by atoms with Gasteiger partial charge in [0.15, 0.2) is 0 Å². The minimum Gasteiger partial charge on any atom is -0.389 e. The molecule has 0 aliphatic carbocycles. The molecule has 0 aliphatic heterocycles. The van der Waals surface area contributed by atoms with E-state index in [9.17, 15) is 5.11 Å². The molecule has 0 fully saturated rings. The van der Waals surface area contributed by atoms with Crippen molar-refractivity contribution in [2.45, 2.75) is 38.0 Å². The molecule has 3 aromatic carbocycles. The molecule has 3 rings (SSSR count). The Bertz CT molecular complexity index is 920. The first-order valence-corrected chi connectivity index (χ1v) is 10.2. The Morgan fingerprint density at radius 2 is 1.69 bits per heavy atom. The summed E-state index contributed by atoms with van der Waals surface area (Å²) in [4.78, 5) is 0. The van der Waals surface area contributed by atoms with Gasteiger partial charge in [-0.1, -0.05) is 78.9 Å². The summed E-state index contributed by atoms with van der Waals surface area (Å²) >= 11 is 0. The largest absolute Gasteiger partial charge is 0.389 e. The van der Waals surface area contributed by atoms with E-state index >= 15 is 0 Å². The highest BCUT2D eigenvalue weighted by Crippen LogP contribution is 2.20. The lowest BCUT2D eigenvalue weighted by molar-refractivity contribution is 0.00711. The molecule has 0 saturated heterocycles. The normalized spacial score (nSPS) is 13.9. The summed E-state index contributed by atoms with van der Waals surface area (Å²) in [6.45, 7) is 8.89. The maximum Gasteiger partial charge on any atom is 0.100 e. The first kappa shape index (κ1) is 21.3. The number of aliphatic hydroxyl groups excluding tert-OH is 1. The Hall–Kier alpha value is -2.46. The molecule has 0 aliphatic rings. The van der Waals surface area contributed by atoms with Crippen molar-refractivity contribution in [2.75, 3.05) is 13.2 Å². The summed E-state index contributed by atoms with van der Waals surface area (Å²) in [6.07, 6.45) is 1.85. The summed E-state index contributed by atoms with van der Waals surface area (Å²) in [5, 5.41) is 16.4. The van der Waals surface area contributed by atoms with Gasteiger partial charge in [0.05, 0.1) is 12.7 Å². The second-order valence-corrected chi connectivity index (χ2v) is 8.18. The van der Waals surface area contributed by atoms with Crippen LogP contribution in [0.15, 0.2) is 85.5 Å². The standard InChI is InChI=1S/C26H31NO2/c1-4-25(22-11-6-5-7-12-22)29-19-24(28)18-27-26(2,3)17-20-14-15-21-10-8-9-13-23(21)16-20/h4-16,24-25,27-28H,1,17-19H2,2-3H3. The number of rotatable bonds is 10. The molecule has 0 saturated carbocycles. The van der Waals surface area contributed by atoms with Crippen molar-refractivity contribution in [1.29, 1.82) is 0 Å². The summed E-state index contributed by atoms with van der Waals surface area (Å²) in [7, 11) is 0. The van der Waals surface area contributed by atoms with Crippen molar-refractivity contribution >= 4 is 10.8 Å². The van der Waals surface area contributed by atoms with E-state index in [0.29, 0.717) is 6.54 Å². The van der Waals surface area contributed by atoms with Crippen molar-refractivity contribution < 1.29 is 9.84 Å². The number of β-amino-alcohol motifs (C(OH)–C–C–N with tert-alkyl or cyclic N) is 1. The Balaban J connectivity index is 1.50. The smallest absolute Gasteiger partial charge is 0.100 e. The monoisotopic (exact) mass is 389 g/mol. The average molecular weight is 390 g/mol. The lowest BCUT2D eigenvalue weighted by Crippen LogP contribution is -2.46. The van der Waals surface area contributed by atoms with Crippen LogP contribution in [0.1, 0.15) is 31.1 Å². The summed E-state index contributed by atoms with van der Waals surface area (Å²) in [5.41, 5.74) is 2.18. The quantitative estimate of drug-likeness (QED) is 0.477. The van der Waals surface area contributed by atoms with Crippen molar-refractivity contribution in [2.24, 2.45) is 0 Å². The van der Waals surface area contributed by atoms with E-state index in [2.05, 4.69) is 68.2 Å². The van der Waals surface area contributed by atoms with Crippen LogP contribution in [0.3, 0.4) is 0 Å². The number of benzene rings is 3. The predicted octanol–water partition coefficient (Wildman–Crippen LogP) is 5.06. The summed E-state index contributed by atoms with van der Waals surface area (Å²) in [5.74, 6) is 0. The van der Waals surface area contributed by atoms with Crippen LogP contribution in [-0.4, -0.2) is 29.9 Å². The van der Waals surface area contributed by atoms with Crippen LogP contribution in [0.5, 0.6) is 0 Å². The molecule has 0 aromatic heterocycles. The molecule has 152 valence electrons. The van der Waals surface area contributed by atoms with Gasteiger partial charge in [-0.15, -0.1) is 6.58 Å². The SMILES string of the molecule is C=CC(OCC(O)CNC(C)(C)Cc1ccc2ccccc2c1)c1ccccc1. The van der Waals surface area contributed by atoms with Gasteiger partial charge in [0.1, 0.15) is 6.10 Å². The van der Waals surface area contributed by atoms with Crippen LogP contribution in [0.2, 0.25) is 0 Å². The minimum atomic E-state index is -0.586. The highest BCUT2D eigenvalue weighted by atomic mass is 16.5. The highest BCUT2D eigenvalue weighted by Gasteiger charge is 2.20. The zero-order valence-corrected chi connectivity index (χ0v) is 17.3. The fraction of sp³-hybridized carbons (Fsp3) is 0.308. The number of hydrogen-bond acceptors (Lipinski definition) is 3. The second kappa shape index (κ2) is 9.84. The third-order valence-electron chi connectivity index (χ3n) is 5.09. The zero-order valence-electron chi connectivity index (χ0n) is 17.3. The maximum atomic E-state index is 10.4. The molecular weight excluding hydrogens is 358 g/mol. The predicted molar refractivity (Wildman–Crippen MR) is 121 cm³/mol. The highest BCUT2D eigenvalue weighted by molar-refractivity contribution is 5.83. The van der Waals surface area contributed by atoms with Crippen LogP contribution in [-0.2, 0) is 11.2 Å². The first-order valence-electron chi connectivity index (χ1n) is 10.2.